The monoisotopic (exact) mass is 263 g/mol. The molecule has 4 heteroatoms. The van der Waals surface area contributed by atoms with Gasteiger partial charge in [0, 0.05) is 38.8 Å². The zero-order valence-corrected chi connectivity index (χ0v) is 11.5. The summed E-state index contributed by atoms with van der Waals surface area (Å²) < 4.78 is 14.1. The number of hydrogen-bond donors (Lipinski definition) is 1. The van der Waals surface area contributed by atoms with Gasteiger partial charge in [-0.3, -0.25) is 4.90 Å². The fourth-order valence-electron chi connectivity index (χ4n) is 2.89. The Morgan fingerprint density at radius 3 is 2.53 bits per heavy atom. The number of hydrogen-bond acceptors (Lipinski definition) is 3. The molecule has 0 bridgehead atoms. The van der Waals surface area contributed by atoms with Crippen molar-refractivity contribution in [3.05, 3.63) is 29.6 Å². The van der Waals surface area contributed by atoms with Gasteiger partial charge in [0.25, 0.3) is 0 Å². The zero-order valence-electron chi connectivity index (χ0n) is 11.5. The van der Waals surface area contributed by atoms with Crippen LogP contribution in [0.2, 0.25) is 0 Å². The van der Waals surface area contributed by atoms with Crippen LogP contribution in [0.15, 0.2) is 18.2 Å². The molecule has 0 unspecified atom stereocenters. The summed E-state index contributed by atoms with van der Waals surface area (Å²) in [5, 5.41) is 3.05. The van der Waals surface area contributed by atoms with Crippen molar-refractivity contribution in [1.82, 2.24) is 10.2 Å². The van der Waals surface area contributed by atoms with E-state index in [-0.39, 0.29) is 5.82 Å². The molecule has 1 saturated carbocycles. The second-order valence-corrected chi connectivity index (χ2v) is 5.57. The number of anilines is 1. The minimum atomic E-state index is -0.0902. The SMILES string of the molecule is CNCc1ccc(N2CCN(C3CC3)CC2)c(F)c1. The number of nitrogens with one attached hydrogen (secondary N) is 1. The fourth-order valence-corrected chi connectivity index (χ4v) is 2.89. The Kier molecular flexibility index (Phi) is 3.71. The molecule has 1 aromatic rings. The van der Waals surface area contributed by atoms with Gasteiger partial charge in [-0.05, 0) is 37.6 Å². The Balaban J connectivity index is 1.65. The van der Waals surface area contributed by atoms with E-state index in [0.717, 1.165) is 43.5 Å². The lowest BCUT2D eigenvalue weighted by molar-refractivity contribution is 0.247. The Morgan fingerprint density at radius 2 is 1.95 bits per heavy atom. The molecule has 1 aromatic carbocycles. The van der Waals surface area contributed by atoms with Crippen LogP contribution in [0.1, 0.15) is 18.4 Å². The molecule has 1 heterocycles. The molecule has 0 atom stereocenters. The summed E-state index contributed by atoms with van der Waals surface area (Å²) in [6.45, 7) is 4.75. The van der Waals surface area contributed by atoms with E-state index >= 15 is 0 Å². The fraction of sp³-hybridized carbons (Fsp3) is 0.600. The summed E-state index contributed by atoms with van der Waals surface area (Å²) in [4.78, 5) is 4.72. The number of benzene rings is 1. The van der Waals surface area contributed by atoms with E-state index in [1.165, 1.54) is 12.8 Å². The molecule has 0 spiro atoms. The topological polar surface area (TPSA) is 18.5 Å². The van der Waals surface area contributed by atoms with Crippen molar-refractivity contribution >= 4 is 5.69 Å². The van der Waals surface area contributed by atoms with E-state index in [2.05, 4.69) is 15.1 Å². The van der Waals surface area contributed by atoms with Crippen molar-refractivity contribution in [1.29, 1.82) is 0 Å². The van der Waals surface area contributed by atoms with Crippen molar-refractivity contribution < 1.29 is 4.39 Å². The van der Waals surface area contributed by atoms with Crippen molar-refractivity contribution in [2.75, 3.05) is 38.1 Å². The Hall–Kier alpha value is -1.13. The van der Waals surface area contributed by atoms with Crippen LogP contribution in [0.5, 0.6) is 0 Å². The molecule has 1 N–H and O–H groups in total. The lowest BCUT2D eigenvalue weighted by Crippen LogP contribution is -2.47. The molecule has 1 aliphatic heterocycles. The van der Waals surface area contributed by atoms with Gasteiger partial charge in [-0.2, -0.15) is 0 Å². The van der Waals surface area contributed by atoms with Crippen LogP contribution in [-0.4, -0.2) is 44.2 Å². The highest BCUT2D eigenvalue weighted by atomic mass is 19.1. The Labute approximate surface area is 114 Å². The summed E-state index contributed by atoms with van der Waals surface area (Å²) in [7, 11) is 1.88. The quantitative estimate of drug-likeness (QED) is 0.894. The van der Waals surface area contributed by atoms with E-state index < -0.39 is 0 Å². The summed E-state index contributed by atoms with van der Waals surface area (Å²) in [5.74, 6) is -0.0902. The van der Waals surface area contributed by atoms with Crippen LogP contribution in [0.4, 0.5) is 10.1 Å². The standard InChI is InChI=1S/C15H22FN3/c1-17-11-12-2-5-15(14(16)10-12)19-8-6-18(7-9-19)13-3-4-13/h2,5,10,13,17H,3-4,6-9,11H2,1H3. The van der Waals surface area contributed by atoms with Crippen molar-refractivity contribution in [2.24, 2.45) is 0 Å². The molecule has 19 heavy (non-hydrogen) atoms. The normalized spacial score (nSPS) is 20.8. The van der Waals surface area contributed by atoms with Crippen molar-refractivity contribution in [3.63, 3.8) is 0 Å². The molecule has 0 aromatic heterocycles. The van der Waals surface area contributed by atoms with Crippen LogP contribution < -0.4 is 10.2 Å². The van der Waals surface area contributed by atoms with Gasteiger partial charge in [0.15, 0.2) is 0 Å². The minimum absolute atomic E-state index is 0.0902. The van der Waals surface area contributed by atoms with Gasteiger partial charge < -0.3 is 10.2 Å². The van der Waals surface area contributed by atoms with Gasteiger partial charge in [-0.15, -0.1) is 0 Å². The summed E-state index contributed by atoms with van der Waals surface area (Å²) in [6.07, 6.45) is 2.71. The molecule has 0 radical (unpaired) electrons. The largest absolute Gasteiger partial charge is 0.367 e. The highest BCUT2D eigenvalue weighted by Gasteiger charge is 2.31. The average Bonchev–Trinajstić information content (AvgIpc) is 3.24. The molecule has 2 aliphatic rings. The highest BCUT2D eigenvalue weighted by Crippen LogP contribution is 2.29. The summed E-state index contributed by atoms with van der Waals surface area (Å²) in [5.41, 5.74) is 1.76. The first kappa shape index (κ1) is 12.9. The maximum atomic E-state index is 14.1. The van der Waals surface area contributed by atoms with Crippen molar-refractivity contribution in [2.45, 2.75) is 25.4 Å². The first-order valence-corrected chi connectivity index (χ1v) is 7.20. The third kappa shape index (κ3) is 2.90. The van der Waals surface area contributed by atoms with Crippen LogP contribution >= 0.6 is 0 Å². The van der Waals surface area contributed by atoms with Crippen LogP contribution in [-0.2, 0) is 6.54 Å². The first-order valence-electron chi connectivity index (χ1n) is 7.20. The second kappa shape index (κ2) is 5.47. The van der Waals surface area contributed by atoms with E-state index in [0.29, 0.717) is 6.54 Å². The predicted molar refractivity (Wildman–Crippen MR) is 76.0 cm³/mol. The molecule has 3 rings (SSSR count). The van der Waals surface area contributed by atoms with E-state index in [4.69, 9.17) is 0 Å². The minimum Gasteiger partial charge on any atom is -0.367 e. The molecular weight excluding hydrogens is 241 g/mol. The summed E-state index contributed by atoms with van der Waals surface area (Å²) in [6, 6.07) is 6.42. The molecule has 1 aliphatic carbocycles. The van der Waals surface area contributed by atoms with Gasteiger partial charge in [0.1, 0.15) is 5.82 Å². The van der Waals surface area contributed by atoms with Crippen LogP contribution in [0, 0.1) is 5.82 Å². The third-order valence-electron chi connectivity index (χ3n) is 4.11. The molecule has 2 fully saturated rings. The van der Waals surface area contributed by atoms with Gasteiger partial charge >= 0.3 is 0 Å². The third-order valence-corrected chi connectivity index (χ3v) is 4.11. The lowest BCUT2D eigenvalue weighted by atomic mass is 10.1. The van der Waals surface area contributed by atoms with Crippen molar-refractivity contribution in [3.8, 4) is 0 Å². The predicted octanol–water partition coefficient (Wildman–Crippen LogP) is 1.83. The highest BCUT2D eigenvalue weighted by molar-refractivity contribution is 5.49. The molecular formula is C15H22FN3. The van der Waals surface area contributed by atoms with Gasteiger partial charge in [0.2, 0.25) is 0 Å². The lowest BCUT2D eigenvalue weighted by Gasteiger charge is -2.36. The second-order valence-electron chi connectivity index (χ2n) is 5.57. The molecule has 0 amide bonds. The number of rotatable bonds is 4. The Morgan fingerprint density at radius 1 is 1.21 bits per heavy atom. The first-order chi connectivity index (χ1) is 9.28. The van der Waals surface area contributed by atoms with Gasteiger partial charge in [0.05, 0.1) is 5.69 Å². The van der Waals surface area contributed by atoms with E-state index in [1.807, 2.05) is 19.2 Å². The summed E-state index contributed by atoms with van der Waals surface area (Å²) >= 11 is 0. The van der Waals surface area contributed by atoms with E-state index in [1.54, 1.807) is 6.07 Å². The van der Waals surface area contributed by atoms with Gasteiger partial charge in [-0.25, -0.2) is 4.39 Å². The zero-order chi connectivity index (χ0) is 13.2. The number of nitrogens with zero attached hydrogens (tertiary/aromatic N) is 2. The van der Waals surface area contributed by atoms with Gasteiger partial charge in [-0.1, -0.05) is 6.07 Å². The van der Waals surface area contributed by atoms with Crippen LogP contribution in [0.3, 0.4) is 0 Å². The Bertz CT molecular complexity index is 437. The molecule has 104 valence electrons. The van der Waals surface area contributed by atoms with E-state index in [9.17, 15) is 4.39 Å². The molecule has 1 saturated heterocycles. The molecule has 3 nitrogen and oxygen atoms in total. The smallest absolute Gasteiger partial charge is 0.146 e. The maximum absolute atomic E-state index is 14.1. The van der Waals surface area contributed by atoms with Crippen LogP contribution in [0.25, 0.3) is 0 Å². The average molecular weight is 263 g/mol. The number of piperazine rings is 1. The maximum Gasteiger partial charge on any atom is 0.146 e. The number of halogens is 1.